The van der Waals surface area contributed by atoms with Gasteiger partial charge in [-0.25, -0.2) is 0 Å². The Labute approximate surface area is 108 Å². The highest BCUT2D eigenvalue weighted by Gasteiger charge is 2.04. The van der Waals surface area contributed by atoms with Gasteiger partial charge in [0.25, 0.3) is 0 Å². The van der Waals surface area contributed by atoms with Crippen molar-refractivity contribution in [2.75, 3.05) is 13.7 Å². The lowest BCUT2D eigenvalue weighted by Crippen LogP contribution is -2.28. The van der Waals surface area contributed by atoms with E-state index >= 15 is 0 Å². The van der Waals surface area contributed by atoms with Gasteiger partial charge in [0.15, 0.2) is 0 Å². The lowest BCUT2D eigenvalue weighted by atomic mass is 10.1. The summed E-state index contributed by atoms with van der Waals surface area (Å²) in [6, 6.07) is 8.20. The normalized spacial score (nSPS) is 12.1. The molecule has 2 N–H and O–H groups in total. The van der Waals surface area contributed by atoms with Gasteiger partial charge in [0, 0.05) is 12.5 Å². The van der Waals surface area contributed by atoms with Crippen LogP contribution in [0.5, 0.6) is 5.75 Å². The minimum absolute atomic E-state index is 0.216. The van der Waals surface area contributed by atoms with E-state index in [4.69, 9.17) is 9.84 Å². The van der Waals surface area contributed by atoms with Crippen LogP contribution in [0, 0.1) is 0 Å². The Morgan fingerprint density at radius 2 is 2.28 bits per heavy atom. The molecule has 0 radical (unpaired) electrons. The van der Waals surface area contributed by atoms with Crippen LogP contribution < -0.4 is 10.1 Å². The molecule has 0 aliphatic heterocycles. The van der Waals surface area contributed by atoms with Crippen molar-refractivity contribution in [2.24, 2.45) is 0 Å². The van der Waals surface area contributed by atoms with Crippen LogP contribution >= 0.6 is 0 Å². The molecule has 1 aromatic carbocycles. The Bertz CT molecular complexity index is 379. The van der Waals surface area contributed by atoms with Crippen LogP contribution in [-0.2, 0) is 11.2 Å². The van der Waals surface area contributed by atoms with Crippen molar-refractivity contribution in [3.05, 3.63) is 29.8 Å². The Kier molecular flexibility index (Phi) is 6.22. The number of benzene rings is 1. The Hall–Kier alpha value is -1.55. The molecule has 18 heavy (non-hydrogen) atoms. The average molecular weight is 251 g/mol. The molecule has 0 aliphatic carbocycles. The Morgan fingerprint density at radius 1 is 1.50 bits per heavy atom. The van der Waals surface area contributed by atoms with Crippen LogP contribution in [0.4, 0.5) is 0 Å². The summed E-state index contributed by atoms with van der Waals surface area (Å²) < 4.78 is 5.16. The number of carbonyl (C=O) groups is 1. The van der Waals surface area contributed by atoms with Gasteiger partial charge >= 0.3 is 5.97 Å². The van der Waals surface area contributed by atoms with Crippen LogP contribution in [0.1, 0.15) is 25.3 Å². The van der Waals surface area contributed by atoms with Gasteiger partial charge in [-0.15, -0.1) is 0 Å². The zero-order valence-electron chi connectivity index (χ0n) is 11.0. The topological polar surface area (TPSA) is 58.6 Å². The molecule has 0 aliphatic rings. The molecule has 1 unspecified atom stereocenters. The number of ether oxygens (including phenoxy) is 1. The van der Waals surface area contributed by atoms with E-state index in [2.05, 4.69) is 11.4 Å². The van der Waals surface area contributed by atoms with E-state index in [0.29, 0.717) is 6.42 Å². The third-order valence-corrected chi connectivity index (χ3v) is 2.83. The summed E-state index contributed by atoms with van der Waals surface area (Å²) in [6.07, 6.45) is 1.79. The zero-order valence-corrected chi connectivity index (χ0v) is 11.0. The van der Waals surface area contributed by atoms with E-state index < -0.39 is 5.97 Å². The second kappa shape index (κ2) is 7.71. The highest BCUT2D eigenvalue weighted by molar-refractivity contribution is 5.66. The first-order valence-corrected chi connectivity index (χ1v) is 6.20. The molecule has 0 bridgehead atoms. The van der Waals surface area contributed by atoms with Crippen LogP contribution in [0.3, 0.4) is 0 Å². The van der Waals surface area contributed by atoms with Gasteiger partial charge in [-0.3, -0.25) is 4.79 Å². The highest BCUT2D eigenvalue weighted by Crippen LogP contribution is 2.12. The van der Waals surface area contributed by atoms with E-state index in [1.54, 1.807) is 7.11 Å². The van der Waals surface area contributed by atoms with Crippen molar-refractivity contribution in [1.29, 1.82) is 0 Å². The molecule has 0 saturated heterocycles. The summed E-state index contributed by atoms with van der Waals surface area (Å²) in [4.78, 5) is 10.4. The quantitative estimate of drug-likeness (QED) is 0.742. The molecule has 1 rings (SSSR count). The van der Waals surface area contributed by atoms with Gasteiger partial charge in [-0.05, 0) is 44.0 Å². The average Bonchev–Trinajstić information content (AvgIpc) is 2.36. The molecule has 4 nitrogen and oxygen atoms in total. The fourth-order valence-corrected chi connectivity index (χ4v) is 1.73. The zero-order chi connectivity index (χ0) is 13.4. The fraction of sp³-hybridized carbons (Fsp3) is 0.500. The maximum atomic E-state index is 10.4. The first-order chi connectivity index (χ1) is 8.61. The lowest BCUT2D eigenvalue weighted by molar-refractivity contribution is -0.137. The first-order valence-electron chi connectivity index (χ1n) is 6.20. The largest absolute Gasteiger partial charge is 0.497 e. The van der Waals surface area contributed by atoms with E-state index in [1.165, 1.54) is 5.56 Å². The molecule has 1 aromatic rings. The lowest BCUT2D eigenvalue weighted by Gasteiger charge is -2.12. The van der Waals surface area contributed by atoms with Gasteiger partial charge < -0.3 is 15.2 Å². The monoisotopic (exact) mass is 251 g/mol. The van der Waals surface area contributed by atoms with Crippen molar-refractivity contribution in [2.45, 2.75) is 32.2 Å². The van der Waals surface area contributed by atoms with Crippen LogP contribution in [0.2, 0.25) is 0 Å². The molecule has 0 amide bonds. The first kappa shape index (κ1) is 14.5. The maximum absolute atomic E-state index is 10.4. The third kappa shape index (κ3) is 5.68. The summed E-state index contributed by atoms with van der Waals surface area (Å²) in [5.74, 6) is 0.128. The third-order valence-electron chi connectivity index (χ3n) is 2.83. The number of hydrogen-bond donors (Lipinski definition) is 2. The van der Waals surface area contributed by atoms with Crippen LogP contribution in [0.15, 0.2) is 24.3 Å². The van der Waals surface area contributed by atoms with Crippen LogP contribution in [0.25, 0.3) is 0 Å². The summed E-state index contributed by atoms with van der Waals surface area (Å²) in [5, 5.41) is 11.9. The van der Waals surface area contributed by atoms with E-state index in [0.717, 1.165) is 18.7 Å². The number of aliphatic carboxylic acids is 1. The minimum Gasteiger partial charge on any atom is -0.497 e. The molecule has 100 valence electrons. The molecular weight excluding hydrogens is 230 g/mol. The fourth-order valence-electron chi connectivity index (χ4n) is 1.73. The van der Waals surface area contributed by atoms with Crippen molar-refractivity contribution >= 4 is 5.97 Å². The second-order valence-electron chi connectivity index (χ2n) is 4.39. The van der Waals surface area contributed by atoms with Crippen molar-refractivity contribution in [3.8, 4) is 5.75 Å². The van der Waals surface area contributed by atoms with E-state index in [1.807, 2.05) is 25.1 Å². The summed E-state index contributed by atoms with van der Waals surface area (Å²) >= 11 is 0. The predicted octanol–water partition coefficient (Wildman–Crippen LogP) is 2.08. The number of hydrogen-bond acceptors (Lipinski definition) is 3. The summed E-state index contributed by atoms with van der Waals surface area (Å²) in [5.41, 5.74) is 1.22. The Morgan fingerprint density at radius 3 is 2.94 bits per heavy atom. The smallest absolute Gasteiger partial charge is 0.303 e. The molecule has 0 aromatic heterocycles. The number of carboxylic acid groups (broad SMARTS) is 1. The molecule has 4 heteroatoms. The van der Waals surface area contributed by atoms with Gasteiger partial charge in [-0.1, -0.05) is 12.1 Å². The Balaban J connectivity index is 2.26. The highest BCUT2D eigenvalue weighted by atomic mass is 16.5. The SMILES string of the molecule is COc1cccc(CCNC(C)CCC(=O)O)c1. The molecular formula is C14H21NO3. The molecule has 1 atom stereocenters. The van der Waals surface area contributed by atoms with Gasteiger partial charge in [0.2, 0.25) is 0 Å². The number of rotatable bonds is 8. The summed E-state index contributed by atoms with van der Waals surface area (Å²) in [6.45, 7) is 2.85. The van der Waals surface area contributed by atoms with Crippen molar-refractivity contribution in [3.63, 3.8) is 0 Å². The van der Waals surface area contributed by atoms with Crippen molar-refractivity contribution < 1.29 is 14.6 Å². The molecule has 0 fully saturated rings. The second-order valence-corrected chi connectivity index (χ2v) is 4.39. The predicted molar refractivity (Wildman–Crippen MR) is 71.0 cm³/mol. The molecule has 0 saturated carbocycles. The molecule has 0 spiro atoms. The van der Waals surface area contributed by atoms with Crippen LogP contribution in [-0.4, -0.2) is 30.8 Å². The summed E-state index contributed by atoms with van der Waals surface area (Å²) in [7, 11) is 1.66. The minimum atomic E-state index is -0.739. The number of carboxylic acids is 1. The van der Waals surface area contributed by atoms with E-state index in [-0.39, 0.29) is 12.5 Å². The number of methoxy groups -OCH3 is 1. The van der Waals surface area contributed by atoms with Crippen molar-refractivity contribution in [1.82, 2.24) is 5.32 Å². The van der Waals surface area contributed by atoms with E-state index in [9.17, 15) is 4.79 Å². The van der Waals surface area contributed by atoms with Gasteiger partial charge in [0.05, 0.1) is 7.11 Å². The standard InChI is InChI=1S/C14H21NO3/c1-11(6-7-14(16)17)15-9-8-12-4-3-5-13(10-12)18-2/h3-5,10-11,15H,6-9H2,1-2H3,(H,16,17). The number of nitrogens with one attached hydrogen (secondary N) is 1. The molecule has 0 heterocycles. The van der Waals surface area contributed by atoms with Gasteiger partial charge in [-0.2, -0.15) is 0 Å². The van der Waals surface area contributed by atoms with Gasteiger partial charge in [0.1, 0.15) is 5.75 Å². The maximum Gasteiger partial charge on any atom is 0.303 e.